The minimum Gasteiger partial charge on any atom is -0.309 e. The van der Waals surface area contributed by atoms with Gasteiger partial charge in [-0.25, -0.2) is 0 Å². The van der Waals surface area contributed by atoms with Crippen LogP contribution in [0.5, 0.6) is 0 Å². The van der Waals surface area contributed by atoms with E-state index in [-0.39, 0.29) is 0 Å². The smallest absolute Gasteiger partial charge is 0.0576 e. The van der Waals surface area contributed by atoms with Crippen LogP contribution in [-0.4, -0.2) is 17.2 Å². The van der Waals surface area contributed by atoms with Crippen molar-refractivity contribution in [3.8, 4) is 5.69 Å². The Bertz CT molecular complexity index is 2210. The number of allylic oxidation sites excluding steroid dienone is 12. The van der Waals surface area contributed by atoms with Gasteiger partial charge in [-0.15, -0.1) is 0 Å². The van der Waals surface area contributed by atoms with Crippen LogP contribution in [0.15, 0.2) is 188 Å². The van der Waals surface area contributed by atoms with Gasteiger partial charge in [-0.05, 0) is 96.4 Å². The lowest BCUT2D eigenvalue weighted by Crippen LogP contribution is -2.27. The molecular weight excluding hydrogens is 617 g/mol. The Labute approximate surface area is 303 Å². The van der Waals surface area contributed by atoms with Gasteiger partial charge in [0.1, 0.15) is 0 Å². The Morgan fingerprint density at radius 2 is 1.57 bits per heavy atom. The monoisotopic (exact) mass is 662 g/mol. The van der Waals surface area contributed by atoms with Crippen LogP contribution in [0.3, 0.4) is 0 Å². The van der Waals surface area contributed by atoms with E-state index in [4.69, 9.17) is 0 Å². The first-order valence-electron chi connectivity index (χ1n) is 18.2. The zero-order chi connectivity index (χ0) is 34.8. The number of aromatic nitrogens is 1. The fourth-order valence-electron chi connectivity index (χ4n) is 7.09. The molecule has 1 N–H and O–H groups in total. The predicted octanol–water partition coefficient (Wildman–Crippen LogP) is 12.2. The minimum absolute atomic E-state index is 0.340. The van der Waals surface area contributed by atoms with Crippen molar-refractivity contribution in [3.05, 3.63) is 216 Å². The molecule has 0 saturated heterocycles. The standard InChI is InChI=1S/C49H46N2/c1-3-39(40-21-10-6-11-22-40)36-47(49-37(2)46-25-14-15-26-48(46)51(49)45-23-12-7-13-24-45)43-29-27-41(28-30-43)42-31-33-44(34-32-42)50-35-17-16-20-38-18-8-4-5-9-19-38/h3-4,6-19,21-33,36,44,50H,5,20,34-35H2,1-2H3/b17-16-,39-3+,47-36-. The molecule has 0 aliphatic heterocycles. The highest BCUT2D eigenvalue weighted by Gasteiger charge is 2.21. The van der Waals surface area contributed by atoms with Crippen LogP contribution in [0.2, 0.25) is 0 Å². The predicted molar refractivity (Wildman–Crippen MR) is 220 cm³/mol. The van der Waals surface area contributed by atoms with Crippen molar-refractivity contribution < 1.29 is 0 Å². The van der Waals surface area contributed by atoms with Crippen molar-refractivity contribution in [3.63, 3.8) is 0 Å². The molecule has 51 heavy (non-hydrogen) atoms. The van der Waals surface area contributed by atoms with Crippen LogP contribution >= 0.6 is 0 Å². The third-order valence-corrected chi connectivity index (χ3v) is 9.81. The second-order valence-electron chi connectivity index (χ2n) is 13.2. The van der Waals surface area contributed by atoms with Crippen LogP contribution in [-0.2, 0) is 0 Å². The molecule has 0 amide bonds. The topological polar surface area (TPSA) is 17.0 Å². The second-order valence-corrected chi connectivity index (χ2v) is 13.2. The maximum atomic E-state index is 3.67. The highest BCUT2D eigenvalue weighted by atomic mass is 15.0. The summed E-state index contributed by atoms with van der Waals surface area (Å²) in [6.07, 6.45) is 30.0. The largest absolute Gasteiger partial charge is 0.309 e. The van der Waals surface area contributed by atoms with Crippen LogP contribution in [0, 0.1) is 6.92 Å². The molecule has 252 valence electrons. The lowest BCUT2D eigenvalue weighted by molar-refractivity contribution is 0.638. The molecule has 2 aliphatic carbocycles. The van der Waals surface area contributed by atoms with Gasteiger partial charge in [-0.2, -0.15) is 0 Å². The van der Waals surface area contributed by atoms with E-state index in [1.165, 1.54) is 61.1 Å². The quantitative estimate of drug-likeness (QED) is 0.110. The fraction of sp³-hybridized carbons (Fsp3) is 0.143. The van der Waals surface area contributed by atoms with E-state index < -0.39 is 0 Å². The van der Waals surface area contributed by atoms with E-state index in [0.717, 1.165) is 31.5 Å². The molecule has 0 radical (unpaired) electrons. The zero-order valence-corrected chi connectivity index (χ0v) is 29.7. The lowest BCUT2D eigenvalue weighted by atomic mass is 9.92. The maximum absolute atomic E-state index is 3.67. The van der Waals surface area contributed by atoms with Gasteiger partial charge in [0.05, 0.1) is 11.2 Å². The molecule has 0 saturated carbocycles. The first-order valence-corrected chi connectivity index (χ1v) is 18.2. The Morgan fingerprint density at radius 1 is 0.804 bits per heavy atom. The molecule has 2 nitrogen and oxygen atoms in total. The van der Waals surface area contributed by atoms with E-state index in [1.807, 2.05) is 0 Å². The van der Waals surface area contributed by atoms with Crippen molar-refractivity contribution in [2.24, 2.45) is 0 Å². The van der Waals surface area contributed by atoms with Gasteiger partial charge in [0.15, 0.2) is 0 Å². The van der Waals surface area contributed by atoms with Crippen LogP contribution < -0.4 is 5.32 Å². The molecule has 1 aromatic heterocycles. The number of hydrogen-bond donors (Lipinski definition) is 1. The molecule has 1 unspecified atom stereocenters. The molecule has 2 heteroatoms. The van der Waals surface area contributed by atoms with Crippen LogP contribution in [0.25, 0.3) is 33.3 Å². The summed E-state index contributed by atoms with van der Waals surface area (Å²) in [6, 6.07) is 39.7. The average Bonchev–Trinajstić information content (AvgIpc) is 3.30. The second kappa shape index (κ2) is 16.3. The highest BCUT2D eigenvalue weighted by molar-refractivity contribution is 5.98. The average molecular weight is 663 g/mol. The van der Waals surface area contributed by atoms with Crippen LogP contribution in [0.1, 0.15) is 54.1 Å². The summed E-state index contributed by atoms with van der Waals surface area (Å²) in [5.74, 6) is 0. The molecular formula is C49H46N2. The van der Waals surface area contributed by atoms with Gasteiger partial charge in [-0.1, -0.05) is 158 Å². The third-order valence-electron chi connectivity index (χ3n) is 9.81. The van der Waals surface area contributed by atoms with E-state index in [2.05, 4.69) is 206 Å². The summed E-state index contributed by atoms with van der Waals surface area (Å²) in [5.41, 5.74) is 13.5. The van der Waals surface area contributed by atoms with Gasteiger partial charge >= 0.3 is 0 Å². The molecule has 5 aromatic rings. The maximum Gasteiger partial charge on any atom is 0.0576 e. The summed E-state index contributed by atoms with van der Waals surface area (Å²) in [7, 11) is 0. The number of rotatable bonds is 11. The SMILES string of the molecule is C/C=C(\C=C(\c1ccc(C2=CCC(NC/C=C\CC3=CC=CCC=C3)C=C2)cc1)c1c(C)c2ccccc2n1-c1ccccc1)c1ccccc1. The number of fused-ring (bicyclic) bond motifs is 1. The first kappa shape index (κ1) is 33.8. The number of nitrogens with one attached hydrogen (secondary N) is 1. The van der Waals surface area contributed by atoms with Gasteiger partial charge in [0.25, 0.3) is 0 Å². The summed E-state index contributed by atoms with van der Waals surface area (Å²) >= 11 is 0. The lowest BCUT2D eigenvalue weighted by Gasteiger charge is -2.19. The fourth-order valence-corrected chi connectivity index (χ4v) is 7.09. The first-order chi connectivity index (χ1) is 25.2. The molecule has 4 aromatic carbocycles. The summed E-state index contributed by atoms with van der Waals surface area (Å²) in [6.45, 7) is 5.26. The Morgan fingerprint density at radius 3 is 2.33 bits per heavy atom. The zero-order valence-electron chi connectivity index (χ0n) is 29.7. The van der Waals surface area contributed by atoms with Crippen molar-refractivity contribution >= 4 is 27.6 Å². The molecule has 0 spiro atoms. The van der Waals surface area contributed by atoms with Gasteiger partial charge < -0.3 is 9.88 Å². The number of para-hydroxylation sites is 2. The molecule has 7 rings (SSSR count). The van der Waals surface area contributed by atoms with E-state index in [1.54, 1.807) is 0 Å². The van der Waals surface area contributed by atoms with Gasteiger partial charge in [-0.3, -0.25) is 0 Å². The van der Waals surface area contributed by atoms with E-state index >= 15 is 0 Å². The molecule has 0 fully saturated rings. The number of aryl methyl sites for hydroxylation is 1. The number of nitrogens with zero attached hydrogens (tertiary/aromatic N) is 1. The highest BCUT2D eigenvalue weighted by Crippen LogP contribution is 2.38. The molecule has 2 aliphatic rings. The Balaban J connectivity index is 1.16. The van der Waals surface area contributed by atoms with Crippen molar-refractivity contribution in [2.75, 3.05) is 6.54 Å². The normalized spacial score (nSPS) is 16.5. The Kier molecular flexibility index (Phi) is 10.8. The number of hydrogen-bond acceptors (Lipinski definition) is 1. The van der Waals surface area contributed by atoms with Crippen molar-refractivity contribution in [2.45, 2.75) is 39.2 Å². The van der Waals surface area contributed by atoms with Gasteiger partial charge in [0, 0.05) is 29.2 Å². The van der Waals surface area contributed by atoms with E-state index in [0.29, 0.717) is 6.04 Å². The summed E-state index contributed by atoms with van der Waals surface area (Å²) < 4.78 is 2.43. The van der Waals surface area contributed by atoms with Crippen LogP contribution in [0.4, 0.5) is 0 Å². The van der Waals surface area contributed by atoms with E-state index in [9.17, 15) is 0 Å². The number of benzene rings is 4. The molecule has 0 bridgehead atoms. The molecule has 1 heterocycles. The summed E-state index contributed by atoms with van der Waals surface area (Å²) in [5, 5.41) is 4.94. The van der Waals surface area contributed by atoms with Crippen molar-refractivity contribution in [1.29, 1.82) is 0 Å². The Hall–Kier alpha value is -5.70. The van der Waals surface area contributed by atoms with Gasteiger partial charge in [0.2, 0.25) is 0 Å². The third kappa shape index (κ3) is 7.88. The summed E-state index contributed by atoms with van der Waals surface area (Å²) in [4.78, 5) is 0. The van der Waals surface area contributed by atoms with Crippen molar-refractivity contribution in [1.82, 2.24) is 9.88 Å². The minimum atomic E-state index is 0.340. The molecule has 1 atom stereocenters.